The Bertz CT molecular complexity index is 7350. The van der Waals surface area contributed by atoms with E-state index in [1.165, 1.54) is 68.0 Å². The first-order valence-electron chi connectivity index (χ1n) is 40.0. The van der Waals surface area contributed by atoms with Crippen LogP contribution in [0.5, 0.6) is 0 Å². The van der Waals surface area contributed by atoms with Crippen LogP contribution in [-0.2, 0) is 0 Å². The number of rotatable bonds is 21. The van der Waals surface area contributed by atoms with E-state index in [0.717, 1.165) is 90.4 Å². The average Bonchev–Trinajstić information content (AvgIpc) is 1.69. The van der Waals surface area contributed by atoms with Gasteiger partial charge in [0.15, 0.2) is 0 Å². The lowest BCUT2D eigenvalue weighted by Gasteiger charge is -2.12. The molecule has 0 radical (unpaired) electrons. The van der Waals surface area contributed by atoms with E-state index in [9.17, 15) is 73.5 Å². The SMILES string of the molecule is CN(C)c1ccc(C(=O)Nc2csc(-c3ccc(Cl)cc3)c2C(=O)O)cc1.Cc1ccc(-c2scc(NC(=O)c3cc4cc(C)ccc4s3)c2C(=O)O)cc1.Cc1ccc(C(=O)Nc2csc(-c3ccc(Br)cc3)c2C(=O)O)c(Cl)c1.Cc1ccc(C(=O)Nc2csc(-c3ccc(Cl)cc3)c2C(=O)O)cc1C.O=C(Nc1csc(-c2ccc(Br)cc2)c1C(=O)O)c1ccc2sccc2c1. The molecule has 17 aromatic rings. The third-order valence-electron chi connectivity index (χ3n) is 20.4. The molecule has 10 N–H and O–H groups in total. The number of aryl methyl sites for hydroxylation is 5. The molecule has 0 saturated carbocycles. The highest BCUT2D eigenvalue weighted by molar-refractivity contribution is 9.10. The number of aromatic carboxylic acids is 5. The first-order valence-corrected chi connectivity index (χ1v) is 48.9. The zero-order valence-corrected chi connectivity index (χ0v) is 82.6. The molecule has 0 bridgehead atoms. The maximum Gasteiger partial charge on any atom is 0.339 e. The maximum atomic E-state index is 12.7. The number of carboxylic acid groups (broad SMARTS) is 5. The first kappa shape index (κ1) is 98.5. The highest BCUT2D eigenvalue weighted by Crippen LogP contribution is 2.44. The van der Waals surface area contributed by atoms with Crippen LogP contribution in [0.3, 0.4) is 0 Å². The van der Waals surface area contributed by atoms with Gasteiger partial charge in [0.05, 0.1) is 68.3 Å². The molecule has 0 aliphatic heterocycles. The van der Waals surface area contributed by atoms with Crippen molar-refractivity contribution in [2.45, 2.75) is 34.6 Å². The summed E-state index contributed by atoms with van der Waals surface area (Å²) in [5.41, 5.74) is 13.7. The monoisotopic (exact) mass is 2100 g/mol. The van der Waals surface area contributed by atoms with E-state index in [-0.39, 0.29) is 68.5 Å². The van der Waals surface area contributed by atoms with Gasteiger partial charge in [-0.3, -0.25) is 24.0 Å². The summed E-state index contributed by atoms with van der Waals surface area (Å²) in [5.74, 6) is -7.19. The van der Waals surface area contributed by atoms with Crippen LogP contribution >= 0.6 is 146 Å². The summed E-state index contributed by atoms with van der Waals surface area (Å²) in [7, 11) is 3.83. The third kappa shape index (κ3) is 24.1. The van der Waals surface area contributed by atoms with Crippen molar-refractivity contribution in [2.75, 3.05) is 45.6 Å². The summed E-state index contributed by atoms with van der Waals surface area (Å²) in [6, 6.07) is 69.1. The van der Waals surface area contributed by atoms with Crippen LogP contribution in [0.25, 0.3) is 72.4 Å². The van der Waals surface area contributed by atoms with Crippen LogP contribution in [0.15, 0.2) is 272 Å². The number of hydrogen-bond donors (Lipinski definition) is 10. The van der Waals surface area contributed by atoms with Gasteiger partial charge in [-0.1, -0.05) is 175 Å². The van der Waals surface area contributed by atoms with Gasteiger partial charge in [-0.15, -0.1) is 79.4 Å². The Morgan fingerprint density at radius 1 is 0.313 bits per heavy atom. The van der Waals surface area contributed by atoms with E-state index in [0.29, 0.717) is 78.0 Å². The fourth-order valence-corrected chi connectivity index (χ4v) is 21.2. The molecule has 676 valence electrons. The molecule has 5 amide bonds. The molecule has 0 unspecified atom stereocenters. The fourth-order valence-electron chi connectivity index (χ4n) is 13.4. The molecule has 0 spiro atoms. The molecule has 33 heteroatoms. The number of thiophene rings is 7. The van der Waals surface area contributed by atoms with Crippen LogP contribution < -0.4 is 31.5 Å². The second-order valence-electron chi connectivity index (χ2n) is 30.0. The Morgan fingerprint density at radius 3 is 1.06 bits per heavy atom. The minimum atomic E-state index is -1.10. The van der Waals surface area contributed by atoms with Gasteiger partial charge in [-0.2, -0.15) is 0 Å². The number of anilines is 6. The molecule has 0 fully saturated rings. The molecular formula is C101H75Br2Cl3N6O15S7. The van der Waals surface area contributed by atoms with Crippen molar-refractivity contribution in [2.24, 2.45) is 0 Å². The number of fused-ring (bicyclic) bond motifs is 2. The highest BCUT2D eigenvalue weighted by Gasteiger charge is 2.29. The zero-order chi connectivity index (χ0) is 96.0. The highest BCUT2D eigenvalue weighted by atomic mass is 79.9. The summed E-state index contributed by atoms with van der Waals surface area (Å²) in [6.45, 7) is 9.76. The van der Waals surface area contributed by atoms with Gasteiger partial charge in [0, 0.05) is 91.8 Å². The molecule has 10 aromatic carbocycles. The molecule has 0 aliphatic carbocycles. The summed E-state index contributed by atoms with van der Waals surface area (Å²) >= 11 is 34.1. The van der Waals surface area contributed by atoms with Crippen molar-refractivity contribution < 1.29 is 73.5 Å². The lowest BCUT2D eigenvalue weighted by Crippen LogP contribution is -2.14. The fraction of sp³-hybridized carbons (Fsp3) is 0.0693. The van der Waals surface area contributed by atoms with Gasteiger partial charge in [0.1, 0.15) is 27.8 Å². The number of carbonyl (C=O) groups is 10. The van der Waals surface area contributed by atoms with E-state index < -0.39 is 35.8 Å². The summed E-state index contributed by atoms with van der Waals surface area (Å²) in [5, 5.41) is 75.7. The second kappa shape index (κ2) is 44.2. The Balaban J connectivity index is 0.000000142. The van der Waals surface area contributed by atoms with Crippen LogP contribution in [0.4, 0.5) is 34.1 Å². The smallest absolute Gasteiger partial charge is 0.339 e. The number of benzene rings is 10. The predicted octanol–water partition coefficient (Wildman–Crippen LogP) is 29.4. The lowest BCUT2D eigenvalue weighted by molar-refractivity contribution is 0.0688. The molecule has 0 aliphatic rings. The zero-order valence-electron chi connectivity index (χ0n) is 71.4. The van der Waals surface area contributed by atoms with E-state index in [2.05, 4.69) is 58.4 Å². The standard InChI is InChI=1S/C22H17NO3S2.C20H12BrNO3S2.C20H17ClN2O3S.C20H16ClNO3S.C19H13BrClNO3S/c1-12-3-6-14(7-4-12)20-19(22(25)26)16(11-27-20)23-21(24)18-10-15-9-13(2)5-8-17(15)28-18;21-14-4-1-11(2-5-14)18-17(20(24)25)15(10-27-18)22-19(23)13-3-6-16-12(9-13)7-8-26-16;1-23(2)15-9-5-13(6-10-15)19(24)22-16-11-27-18(17(16)20(25)26)12-3-7-14(21)8-4-12;1-11-3-4-14(9-12(11)2)19(23)22-16-10-26-18(17(16)20(24)25)13-5-7-15(21)8-6-13;1-10-2-7-13(14(21)8-10)18(23)22-15-9-26-17(16(15)19(24)25)11-3-5-12(20)6-4-11/h3-11H,1-2H3,(H,23,24)(H,25,26);1-10H,(H,22,23)(H,24,25);3-11H,1-2H3,(H,22,24)(H,25,26);3-10H,1-2H3,(H,22,23)(H,24,25);2-9H,1H3,(H,22,23)(H,24,25). The Kier molecular flexibility index (Phi) is 32.5. The van der Waals surface area contributed by atoms with Crippen molar-refractivity contribution in [3.63, 3.8) is 0 Å². The largest absolute Gasteiger partial charge is 0.478 e. The van der Waals surface area contributed by atoms with Crippen molar-refractivity contribution in [3.05, 3.63) is 370 Å². The van der Waals surface area contributed by atoms with Gasteiger partial charge in [0.2, 0.25) is 0 Å². The van der Waals surface area contributed by atoms with Gasteiger partial charge in [0.25, 0.3) is 29.5 Å². The molecule has 0 atom stereocenters. The van der Waals surface area contributed by atoms with E-state index in [4.69, 9.17) is 34.8 Å². The third-order valence-corrected chi connectivity index (χ3v) is 29.4. The Morgan fingerprint density at radius 2 is 0.657 bits per heavy atom. The van der Waals surface area contributed by atoms with Crippen LogP contribution in [-0.4, -0.2) is 99.0 Å². The van der Waals surface area contributed by atoms with Crippen molar-refractivity contribution in [1.29, 1.82) is 0 Å². The number of hydrogen-bond acceptors (Lipinski definition) is 18. The van der Waals surface area contributed by atoms with Crippen LogP contribution in [0.2, 0.25) is 15.1 Å². The molecule has 21 nitrogen and oxygen atoms in total. The predicted molar refractivity (Wildman–Crippen MR) is 555 cm³/mol. The average molecular weight is 2100 g/mol. The normalized spacial score (nSPS) is 10.7. The summed E-state index contributed by atoms with van der Waals surface area (Å²) < 4.78 is 3.94. The molecule has 0 saturated heterocycles. The number of carbonyl (C=O) groups excluding carboxylic acids is 5. The van der Waals surface area contributed by atoms with Gasteiger partial charge >= 0.3 is 29.8 Å². The van der Waals surface area contributed by atoms with Crippen molar-refractivity contribution in [3.8, 4) is 52.2 Å². The number of carboxylic acids is 5. The first-order chi connectivity index (χ1) is 64.0. The van der Waals surface area contributed by atoms with E-state index in [1.54, 1.807) is 135 Å². The lowest BCUT2D eigenvalue weighted by atomic mass is 10.1. The molecular weight excluding hydrogens is 2030 g/mol. The van der Waals surface area contributed by atoms with Crippen LogP contribution in [0.1, 0.15) is 131 Å². The van der Waals surface area contributed by atoms with Gasteiger partial charge in [-0.25, -0.2) is 24.0 Å². The summed E-state index contributed by atoms with van der Waals surface area (Å²) in [4.78, 5) is 128. The van der Waals surface area contributed by atoms with Crippen molar-refractivity contribution >= 4 is 260 Å². The number of nitrogens with one attached hydrogen (secondary N) is 5. The maximum absolute atomic E-state index is 12.7. The van der Waals surface area contributed by atoms with Gasteiger partial charge in [-0.05, 0) is 229 Å². The quantitative estimate of drug-likeness (QED) is 0.0319. The molecule has 7 heterocycles. The topological polar surface area (TPSA) is 335 Å². The Labute approximate surface area is 827 Å². The Hall–Kier alpha value is -13.1. The minimum absolute atomic E-state index is 0.0638. The summed E-state index contributed by atoms with van der Waals surface area (Å²) in [6.07, 6.45) is 0. The minimum Gasteiger partial charge on any atom is -0.478 e. The molecule has 7 aromatic heterocycles. The number of nitrogens with zero attached hydrogens (tertiary/aromatic N) is 1. The molecule has 17 rings (SSSR count). The van der Waals surface area contributed by atoms with E-state index >= 15 is 0 Å². The molecule has 134 heavy (non-hydrogen) atoms. The second-order valence-corrected chi connectivity index (χ2v) is 39.5. The number of amides is 5. The van der Waals surface area contributed by atoms with Crippen molar-refractivity contribution in [1.82, 2.24) is 0 Å². The number of halogens is 5. The van der Waals surface area contributed by atoms with Crippen LogP contribution in [0, 0.1) is 34.6 Å². The van der Waals surface area contributed by atoms with Gasteiger partial charge < -0.3 is 57.0 Å². The van der Waals surface area contributed by atoms with E-state index in [1.807, 2.05) is 192 Å².